The van der Waals surface area contributed by atoms with Crippen molar-refractivity contribution in [1.82, 2.24) is 4.98 Å². The third-order valence-electron chi connectivity index (χ3n) is 2.39. The number of sulfonamides is 1. The molecule has 19 heavy (non-hydrogen) atoms. The van der Waals surface area contributed by atoms with E-state index in [2.05, 4.69) is 9.71 Å². The maximum atomic E-state index is 12.2. The summed E-state index contributed by atoms with van der Waals surface area (Å²) in [5, 5.41) is 2.24. The maximum absolute atomic E-state index is 12.2. The van der Waals surface area contributed by atoms with E-state index < -0.39 is 10.0 Å². The van der Waals surface area contributed by atoms with Crippen LogP contribution in [-0.4, -0.2) is 20.5 Å². The predicted molar refractivity (Wildman–Crippen MR) is 75.7 cm³/mol. The average Bonchev–Trinajstić information content (AvgIpc) is 2.83. The largest absolute Gasteiger partial charge is 0.495 e. The van der Waals surface area contributed by atoms with Crippen LogP contribution in [0, 0.1) is 6.92 Å². The quantitative estimate of drug-likeness (QED) is 0.941. The molecule has 0 aliphatic rings. The molecular weight excluding hydrogens is 308 g/mol. The van der Waals surface area contributed by atoms with Gasteiger partial charge in [0.05, 0.1) is 17.0 Å². The number of nitrogens with zero attached hydrogens (tertiary/aromatic N) is 1. The van der Waals surface area contributed by atoms with Crippen LogP contribution in [0.1, 0.15) is 5.56 Å². The molecular formula is C11H11ClN2O3S2. The summed E-state index contributed by atoms with van der Waals surface area (Å²) in [6.45, 7) is 1.68. The Morgan fingerprint density at radius 3 is 2.74 bits per heavy atom. The van der Waals surface area contributed by atoms with Crippen LogP contribution >= 0.6 is 22.9 Å². The molecule has 0 radical (unpaired) electrons. The van der Waals surface area contributed by atoms with Gasteiger partial charge in [-0.15, -0.1) is 11.3 Å². The highest BCUT2D eigenvalue weighted by Gasteiger charge is 2.20. The van der Waals surface area contributed by atoms with Crippen molar-refractivity contribution >= 4 is 38.1 Å². The standard InChI is InChI=1S/C11H11ClN2O3S2/c1-7-5-9(17-2)8(12)6-10(7)19(15,16)14-11-13-3-4-18-11/h3-6H,1-2H3,(H,13,14). The molecule has 0 saturated heterocycles. The van der Waals surface area contributed by atoms with Crippen LogP contribution in [0.2, 0.25) is 5.02 Å². The van der Waals surface area contributed by atoms with Crippen molar-refractivity contribution < 1.29 is 13.2 Å². The molecule has 102 valence electrons. The first kappa shape index (κ1) is 14.1. The molecule has 0 amide bonds. The number of thiazole rings is 1. The smallest absolute Gasteiger partial charge is 0.263 e. The van der Waals surface area contributed by atoms with Gasteiger partial charge in [0.2, 0.25) is 0 Å². The molecule has 1 heterocycles. The third-order valence-corrected chi connectivity index (χ3v) is 4.99. The molecule has 0 spiro atoms. The van der Waals surface area contributed by atoms with Crippen LogP contribution in [0.5, 0.6) is 5.75 Å². The molecule has 0 aliphatic heterocycles. The summed E-state index contributed by atoms with van der Waals surface area (Å²) in [5.41, 5.74) is 0.547. The van der Waals surface area contributed by atoms with Gasteiger partial charge in [-0.05, 0) is 24.6 Å². The van der Waals surface area contributed by atoms with E-state index >= 15 is 0 Å². The van der Waals surface area contributed by atoms with E-state index in [9.17, 15) is 8.42 Å². The zero-order valence-electron chi connectivity index (χ0n) is 10.2. The molecule has 0 aliphatic carbocycles. The van der Waals surface area contributed by atoms with Gasteiger partial charge in [0.1, 0.15) is 5.75 Å². The van der Waals surface area contributed by atoms with Gasteiger partial charge in [0.25, 0.3) is 10.0 Å². The topological polar surface area (TPSA) is 68.3 Å². The molecule has 1 aromatic heterocycles. The molecule has 0 saturated carbocycles. The van der Waals surface area contributed by atoms with Crippen molar-refractivity contribution in [3.05, 3.63) is 34.3 Å². The highest BCUT2D eigenvalue weighted by Crippen LogP contribution is 2.31. The first-order valence-electron chi connectivity index (χ1n) is 5.20. The fourth-order valence-electron chi connectivity index (χ4n) is 1.53. The first-order chi connectivity index (χ1) is 8.94. The summed E-state index contributed by atoms with van der Waals surface area (Å²) in [6, 6.07) is 2.95. The van der Waals surface area contributed by atoms with E-state index in [1.807, 2.05) is 0 Å². The van der Waals surface area contributed by atoms with Crippen LogP contribution in [0.15, 0.2) is 28.6 Å². The normalized spacial score (nSPS) is 11.3. The number of rotatable bonds is 4. The Balaban J connectivity index is 2.43. The average molecular weight is 319 g/mol. The van der Waals surface area contributed by atoms with Crippen molar-refractivity contribution in [1.29, 1.82) is 0 Å². The van der Waals surface area contributed by atoms with Gasteiger partial charge >= 0.3 is 0 Å². The number of hydrogen-bond acceptors (Lipinski definition) is 5. The lowest BCUT2D eigenvalue weighted by Gasteiger charge is -2.11. The SMILES string of the molecule is COc1cc(C)c(S(=O)(=O)Nc2nccs2)cc1Cl. The Morgan fingerprint density at radius 1 is 1.42 bits per heavy atom. The summed E-state index contributed by atoms with van der Waals surface area (Å²) in [5.74, 6) is 0.437. The Labute approximate surface area is 120 Å². The highest BCUT2D eigenvalue weighted by molar-refractivity contribution is 7.93. The molecule has 0 bridgehead atoms. The van der Waals surface area contributed by atoms with Gasteiger partial charge in [-0.1, -0.05) is 11.6 Å². The van der Waals surface area contributed by atoms with Crippen LogP contribution in [0.25, 0.3) is 0 Å². The number of anilines is 1. The predicted octanol–water partition coefficient (Wildman–Crippen LogP) is 2.91. The highest BCUT2D eigenvalue weighted by atomic mass is 35.5. The molecule has 0 fully saturated rings. The van der Waals surface area contributed by atoms with Gasteiger partial charge in [-0.2, -0.15) is 0 Å². The minimum Gasteiger partial charge on any atom is -0.495 e. The number of ether oxygens (including phenoxy) is 1. The number of aromatic nitrogens is 1. The Kier molecular flexibility index (Phi) is 3.98. The van der Waals surface area contributed by atoms with Gasteiger partial charge < -0.3 is 4.74 Å². The summed E-state index contributed by atoms with van der Waals surface area (Å²) < 4.78 is 31.9. The Bertz CT molecular complexity index is 684. The molecule has 0 atom stereocenters. The van der Waals surface area contributed by atoms with Crippen LogP contribution in [-0.2, 0) is 10.0 Å². The molecule has 1 aromatic carbocycles. The fourth-order valence-corrected chi connectivity index (χ4v) is 3.87. The van der Waals surface area contributed by atoms with E-state index in [0.717, 1.165) is 0 Å². The van der Waals surface area contributed by atoms with Gasteiger partial charge in [-0.25, -0.2) is 13.4 Å². The molecule has 8 heteroatoms. The lowest BCUT2D eigenvalue weighted by molar-refractivity contribution is 0.414. The van der Waals surface area contributed by atoms with Crippen molar-refractivity contribution in [3.63, 3.8) is 0 Å². The van der Waals surface area contributed by atoms with Gasteiger partial charge in [0.15, 0.2) is 5.13 Å². The van der Waals surface area contributed by atoms with Crippen molar-refractivity contribution in [2.45, 2.75) is 11.8 Å². The fraction of sp³-hybridized carbons (Fsp3) is 0.182. The van der Waals surface area contributed by atoms with Gasteiger partial charge in [-0.3, -0.25) is 4.72 Å². The van der Waals surface area contributed by atoms with E-state index in [1.54, 1.807) is 18.4 Å². The van der Waals surface area contributed by atoms with E-state index in [-0.39, 0.29) is 9.92 Å². The van der Waals surface area contributed by atoms with E-state index in [4.69, 9.17) is 16.3 Å². The lowest BCUT2D eigenvalue weighted by atomic mass is 10.2. The zero-order valence-corrected chi connectivity index (χ0v) is 12.6. The number of halogens is 1. The lowest BCUT2D eigenvalue weighted by Crippen LogP contribution is -2.14. The number of nitrogens with one attached hydrogen (secondary N) is 1. The van der Waals surface area contributed by atoms with Gasteiger partial charge in [0, 0.05) is 11.6 Å². The van der Waals surface area contributed by atoms with Crippen molar-refractivity contribution in [3.8, 4) is 5.75 Å². The first-order valence-corrected chi connectivity index (χ1v) is 7.94. The van der Waals surface area contributed by atoms with Crippen molar-refractivity contribution in [2.75, 3.05) is 11.8 Å². The Morgan fingerprint density at radius 2 is 2.16 bits per heavy atom. The number of methoxy groups -OCH3 is 1. The number of hydrogen-bond donors (Lipinski definition) is 1. The minimum atomic E-state index is -3.70. The third kappa shape index (κ3) is 2.99. The number of benzene rings is 1. The minimum absolute atomic E-state index is 0.105. The molecule has 2 rings (SSSR count). The summed E-state index contributed by atoms with van der Waals surface area (Å²) >= 11 is 7.16. The maximum Gasteiger partial charge on any atom is 0.263 e. The second-order valence-electron chi connectivity index (χ2n) is 3.70. The molecule has 1 N–H and O–H groups in total. The number of aryl methyl sites for hydroxylation is 1. The van der Waals surface area contributed by atoms with E-state index in [0.29, 0.717) is 16.4 Å². The van der Waals surface area contributed by atoms with Crippen molar-refractivity contribution in [2.24, 2.45) is 0 Å². The van der Waals surface area contributed by atoms with E-state index in [1.165, 1.54) is 30.7 Å². The summed E-state index contributed by atoms with van der Waals surface area (Å²) in [4.78, 5) is 3.99. The second-order valence-corrected chi connectivity index (χ2v) is 6.65. The van der Waals surface area contributed by atoms with Crippen LogP contribution in [0.3, 0.4) is 0 Å². The molecule has 0 unspecified atom stereocenters. The second kappa shape index (κ2) is 5.36. The monoisotopic (exact) mass is 318 g/mol. The summed E-state index contributed by atoms with van der Waals surface area (Å²) in [7, 11) is -2.23. The van der Waals surface area contributed by atoms with Crippen LogP contribution < -0.4 is 9.46 Å². The zero-order chi connectivity index (χ0) is 14.0. The molecule has 5 nitrogen and oxygen atoms in total. The van der Waals surface area contributed by atoms with Crippen LogP contribution in [0.4, 0.5) is 5.13 Å². The summed E-state index contributed by atoms with van der Waals surface area (Å²) in [6.07, 6.45) is 1.52. The Hall–Kier alpha value is -1.31. The molecule has 2 aromatic rings.